The molecule has 0 bridgehead atoms. The lowest BCUT2D eigenvalue weighted by molar-refractivity contribution is 0.0251. The van der Waals surface area contributed by atoms with Gasteiger partial charge in [0.05, 0.1) is 5.69 Å². The number of hydrogen-bond donors (Lipinski definition) is 1. The second-order valence-corrected chi connectivity index (χ2v) is 7.31. The van der Waals surface area contributed by atoms with E-state index in [-0.39, 0.29) is 0 Å². The molecule has 1 unspecified atom stereocenters. The summed E-state index contributed by atoms with van der Waals surface area (Å²) in [5.41, 5.74) is 2.74. The van der Waals surface area contributed by atoms with Gasteiger partial charge >= 0.3 is 0 Å². The van der Waals surface area contributed by atoms with E-state index in [2.05, 4.69) is 49.2 Å². The van der Waals surface area contributed by atoms with Gasteiger partial charge in [0.15, 0.2) is 0 Å². The number of aromatic nitrogens is 1. The van der Waals surface area contributed by atoms with Crippen molar-refractivity contribution in [2.75, 3.05) is 13.1 Å². The fraction of sp³-hybridized carbons (Fsp3) is 0.722. The molecule has 1 saturated heterocycles. The number of nitrogens with one attached hydrogen (secondary N) is 1. The molecular weight excluding hydrogens is 258 g/mol. The van der Waals surface area contributed by atoms with Crippen LogP contribution in [-0.2, 0) is 6.54 Å². The van der Waals surface area contributed by atoms with E-state index in [1.807, 2.05) is 0 Å². The Morgan fingerprint density at radius 1 is 1.33 bits per heavy atom. The van der Waals surface area contributed by atoms with Crippen molar-refractivity contribution in [3.63, 3.8) is 0 Å². The molecule has 2 heterocycles. The highest BCUT2D eigenvalue weighted by molar-refractivity contribution is 5.12. The van der Waals surface area contributed by atoms with Crippen molar-refractivity contribution in [2.24, 2.45) is 5.92 Å². The van der Waals surface area contributed by atoms with E-state index < -0.39 is 0 Å². The van der Waals surface area contributed by atoms with Gasteiger partial charge in [-0.05, 0) is 37.8 Å². The van der Waals surface area contributed by atoms with Crippen LogP contribution in [0.1, 0.15) is 50.9 Å². The molecule has 1 saturated carbocycles. The third kappa shape index (κ3) is 3.14. The third-order valence-electron chi connectivity index (χ3n) is 5.42. The van der Waals surface area contributed by atoms with Gasteiger partial charge in [-0.3, -0.25) is 9.88 Å². The number of piperazine rings is 1. The van der Waals surface area contributed by atoms with Crippen LogP contribution in [0.4, 0.5) is 0 Å². The molecule has 0 amide bonds. The van der Waals surface area contributed by atoms with E-state index in [9.17, 15) is 0 Å². The van der Waals surface area contributed by atoms with E-state index in [1.165, 1.54) is 31.4 Å². The second-order valence-electron chi connectivity index (χ2n) is 7.31. The van der Waals surface area contributed by atoms with Crippen molar-refractivity contribution < 1.29 is 0 Å². The molecule has 1 atom stereocenters. The largest absolute Gasteiger partial charge is 0.311 e. The molecule has 2 aliphatic rings. The third-order valence-corrected chi connectivity index (χ3v) is 5.42. The Balaban J connectivity index is 1.79. The maximum atomic E-state index is 4.73. The summed E-state index contributed by atoms with van der Waals surface area (Å²) in [6.07, 6.45) is 5.45. The van der Waals surface area contributed by atoms with Crippen LogP contribution in [0, 0.1) is 12.8 Å². The Morgan fingerprint density at radius 3 is 2.76 bits per heavy atom. The van der Waals surface area contributed by atoms with E-state index in [1.54, 1.807) is 0 Å². The van der Waals surface area contributed by atoms with E-state index in [4.69, 9.17) is 4.98 Å². The van der Waals surface area contributed by atoms with Crippen LogP contribution in [0.15, 0.2) is 18.2 Å². The van der Waals surface area contributed by atoms with Crippen molar-refractivity contribution >= 4 is 0 Å². The van der Waals surface area contributed by atoms with Gasteiger partial charge in [-0.2, -0.15) is 0 Å². The molecule has 3 nitrogen and oxygen atoms in total. The van der Waals surface area contributed by atoms with Crippen LogP contribution in [-0.4, -0.2) is 34.6 Å². The van der Waals surface area contributed by atoms with E-state index in [0.29, 0.717) is 17.5 Å². The normalized spacial score (nSPS) is 25.8. The first-order valence-corrected chi connectivity index (χ1v) is 8.50. The van der Waals surface area contributed by atoms with E-state index in [0.717, 1.165) is 25.3 Å². The van der Waals surface area contributed by atoms with Gasteiger partial charge in [0.25, 0.3) is 0 Å². The summed E-state index contributed by atoms with van der Waals surface area (Å²) < 4.78 is 0. The Morgan fingerprint density at radius 2 is 2.10 bits per heavy atom. The number of rotatable bonds is 3. The number of aryl methyl sites for hydroxylation is 1. The average Bonchev–Trinajstić information content (AvgIpc) is 2.91. The van der Waals surface area contributed by atoms with Gasteiger partial charge in [0, 0.05) is 36.9 Å². The molecule has 1 N–H and O–H groups in total. The minimum absolute atomic E-state index is 0.386. The Bertz CT molecular complexity index is 477. The summed E-state index contributed by atoms with van der Waals surface area (Å²) in [6, 6.07) is 7.02. The molecular formula is C18H29N3. The van der Waals surface area contributed by atoms with Gasteiger partial charge in [0.2, 0.25) is 0 Å². The van der Waals surface area contributed by atoms with Gasteiger partial charge < -0.3 is 5.32 Å². The molecule has 1 aromatic heterocycles. The Hall–Kier alpha value is -0.930. The highest BCUT2D eigenvalue weighted by Gasteiger charge is 2.43. The SMILES string of the molecule is Cc1cccc(CN2CC(C(C)C)NCC23CCCC3)n1. The van der Waals surface area contributed by atoms with Crippen molar-refractivity contribution in [3.05, 3.63) is 29.6 Å². The Labute approximate surface area is 129 Å². The van der Waals surface area contributed by atoms with Gasteiger partial charge in [0.1, 0.15) is 0 Å². The lowest BCUT2D eigenvalue weighted by atomic mass is 9.88. The summed E-state index contributed by atoms with van der Waals surface area (Å²) in [4.78, 5) is 7.47. The molecule has 0 radical (unpaired) electrons. The Kier molecular flexibility index (Phi) is 4.32. The lowest BCUT2D eigenvalue weighted by Gasteiger charge is -2.49. The first-order valence-electron chi connectivity index (χ1n) is 8.50. The summed E-state index contributed by atoms with van der Waals surface area (Å²) in [7, 11) is 0. The van der Waals surface area contributed by atoms with Crippen molar-refractivity contribution in [1.29, 1.82) is 0 Å². The first-order chi connectivity index (χ1) is 10.1. The van der Waals surface area contributed by atoms with Crippen LogP contribution in [0.3, 0.4) is 0 Å². The number of hydrogen-bond acceptors (Lipinski definition) is 3. The molecule has 21 heavy (non-hydrogen) atoms. The van der Waals surface area contributed by atoms with Crippen LogP contribution < -0.4 is 5.32 Å². The zero-order valence-electron chi connectivity index (χ0n) is 13.7. The second kappa shape index (κ2) is 6.05. The fourth-order valence-electron chi connectivity index (χ4n) is 4.02. The monoisotopic (exact) mass is 287 g/mol. The van der Waals surface area contributed by atoms with Crippen molar-refractivity contribution in [2.45, 2.75) is 64.6 Å². The maximum Gasteiger partial charge on any atom is 0.0547 e. The van der Waals surface area contributed by atoms with Gasteiger partial charge in [-0.25, -0.2) is 0 Å². The highest BCUT2D eigenvalue weighted by Crippen LogP contribution is 2.38. The zero-order chi connectivity index (χ0) is 14.9. The van der Waals surface area contributed by atoms with Crippen LogP contribution in [0.25, 0.3) is 0 Å². The molecule has 3 heteroatoms. The lowest BCUT2D eigenvalue weighted by Crippen LogP contribution is -2.64. The molecule has 1 aliphatic heterocycles. The number of nitrogens with zero attached hydrogens (tertiary/aromatic N) is 2. The molecule has 116 valence electrons. The standard InChI is InChI=1S/C18H29N3/c1-14(2)17-12-21(11-16-8-6-7-15(3)20-16)18(13-19-17)9-4-5-10-18/h6-8,14,17,19H,4-5,9-13H2,1-3H3. The first kappa shape index (κ1) is 15.0. The summed E-state index contributed by atoms with van der Waals surface area (Å²) in [6.45, 7) is 10.1. The van der Waals surface area contributed by atoms with E-state index >= 15 is 0 Å². The fourth-order valence-corrected chi connectivity index (χ4v) is 4.02. The molecule has 1 spiro atoms. The predicted molar refractivity (Wildman–Crippen MR) is 87.2 cm³/mol. The molecule has 1 aliphatic carbocycles. The van der Waals surface area contributed by atoms with Crippen LogP contribution in [0.2, 0.25) is 0 Å². The molecule has 3 rings (SSSR count). The minimum Gasteiger partial charge on any atom is -0.311 e. The number of pyridine rings is 1. The molecule has 2 fully saturated rings. The average molecular weight is 287 g/mol. The topological polar surface area (TPSA) is 28.2 Å². The smallest absolute Gasteiger partial charge is 0.0547 e. The van der Waals surface area contributed by atoms with Gasteiger partial charge in [-0.1, -0.05) is 32.8 Å². The summed E-state index contributed by atoms with van der Waals surface area (Å²) in [5, 5.41) is 3.82. The van der Waals surface area contributed by atoms with Crippen molar-refractivity contribution in [1.82, 2.24) is 15.2 Å². The molecule has 1 aromatic rings. The summed E-state index contributed by atoms with van der Waals surface area (Å²) >= 11 is 0. The summed E-state index contributed by atoms with van der Waals surface area (Å²) in [5.74, 6) is 0.691. The minimum atomic E-state index is 0.386. The van der Waals surface area contributed by atoms with Crippen LogP contribution >= 0.6 is 0 Å². The predicted octanol–water partition coefficient (Wildman–Crippen LogP) is 3.13. The van der Waals surface area contributed by atoms with Crippen LogP contribution in [0.5, 0.6) is 0 Å². The highest BCUT2D eigenvalue weighted by atomic mass is 15.3. The quantitative estimate of drug-likeness (QED) is 0.926. The van der Waals surface area contributed by atoms with Gasteiger partial charge in [-0.15, -0.1) is 0 Å². The van der Waals surface area contributed by atoms with Crippen molar-refractivity contribution in [3.8, 4) is 0 Å². The molecule has 0 aromatic carbocycles. The maximum absolute atomic E-state index is 4.73. The zero-order valence-corrected chi connectivity index (χ0v) is 13.7.